The van der Waals surface area contributed by atoms with Crippen LogP contribution >= 0.6 is 38.9 Å². The van der Waals surface area contributed by atoms with Crippen LogP contribution in [0.3, 0.4) is 0 Å². The van der Waals surface area contributed by atoms with E-state index >= 15 is 0 Å². The largest absolute Gasteiger partial charge is 0.481 e. The van der Waals surface area contributed by atoms with Crippen molar-refractivity contribution in [2.45, 2.75) is 26.9 Å². The Morgan fingerprint density at radius 1 is 1.26 bits per heavy atom. The maximum Gasteiger partial charge on any atom is 0.266 e. The van der Waals surface area contributed by atoms with Crippen LogP contribution in [0.15, 0.2) is 46.3 Å². The zero-order chi connectivity index (χ0) is 19.6. The standard InChI is InChI=1S/C20H18BrClN2O2S/c1-11-7-16(8-12(2)18(11)22)26-13(3)19(25)24-20-23-17(10-27-20)14-5-4-6-15(21)9-14/h4-10,13H,1-3H3,(H,23,24,25). The summed E-state index contributed by atoms with van der Waals surface area (Å²) in [6.45, 7) is 5.52. The molecule has 27 heavy (non-hydrogen) atoms. The SMILES string of the molecule is Cc1cc(OC(C)C(=O)Nc2nc(-c3cccc(Br)c3)cs2)cc(C)c1Cl. The van der Waals surface area contributed by atoms with E-state index in [0.29, 0.717) is 15.9 Å². The minimum absolute atomic E-state index is 0.254. The maximum absolute atomic E-state index is 12.5. The molecule has 140 valence electrons. The van der Waals surface area contributed by atoms with E-state index in [1.807, 2.05) is 55.6 Å². The monoisotopic (exact) mass is 464 g/mol. The Bertz CT molecular complexity index is 967. The predicted molar refractivity (Wildman–Crippen MR) is 115 cm³/mol. The smallest absolute Gasteiger partial charge is 0.266 e. The molecule has 1 atom stereocenters. The molecule has 4 nitrogen and oxygen atoms in total. The van der Waals surface area contributed by atoms with Crippen LogP contribution in [0, 0.1) is 13.8 Å². The molecule has 0 saturated heterocycles. The van der Waals surface area contributed by atoms with Gasteiger partial charge in [-0.05, 0) is 56.2 Å². The number of anilines is 1. The number of amides is 1. The van der Waals surface area contributed by atoms with Crippen molar-refractivity contribution in [1.82, 2.24) is 4.98 Å². The maximum atomic E-state index is 12.5. The number of nitrogens with one attached hydrogen (secondary N) is 1. The number of aromatic nitrogens is 1. The van der Waals surface area contributed by atoms with Crippen LogP contribution in [-0.2, 0) is 4.79 Å². The molecule has 2 aromatic carbocycles. The van der Waals surface area contributed by atoms with Crippen molar-refractivity contribution < 1.29 is 9.53 Å². The Morgan fingerprint density at radius 2 is 1.96 bits per heavy atom. The van der Waals surface area contributed by atoms with Crippen LogP contribution in [-0.4, -0.2) is 17.0 Å². The number of hydrogen-bond acceptors (Lipinski definition) is 4. The number of ether oxygens (including phenoxy) is 1. The van der Waals surface area contributed by atoms with E-state index in [2.05, 4.69) is 26.2 Å². The number of aryl methyl sites for hydroxylation is 2. The summed E-state index contributed by atoms with van der Waals surface area (Å²) >= 11 is 11.0. The van der Waals surface area contributed by atoms with Gasteiger partial charge in [0.25, 0.3) is 5.91 Å². The Balaban J connectivity index is 1.67. The highest BCUT2D eigenvalue weighted by molar-refractivity contribution is 9.10. The molecular formula is C20H18BrClN2O2S. The fourth-order valence-corrected chi connectivity index (χ4v) is 3.78. The number of nitrogens with zero attached hydrogens (tertiary/aromatic N) is 1. The third-order valence-electron chi connectivity index (χ3n) is 3.95. The van der Waals surface area contributed by atoms with Crippen LogP contribution in [0.25, 0.3) is 11.3 Å². The highest BCUT2D eigenvalue weighted by Crippen LogP contribution is 2.28. The Hall–Kier alpha value is -1.89. The number of benzene rings is 2. The molecule has 0 aliphatic rings. The van der Waals surface area contributed by atoms with Crippen molar-refractivity contribution in [2.24, 2.45) is 0 Å². The Labute approximate surface area is 175 Å². The minimum atomic E-state index is -0.664. The second kappa shape index (κ2) is 8.42. The van der Waals surface area contributed by atoms with E-state index in [-0.39, 0.29) is 5.91 Å². The van der Waals surface area contributed by atoms with Gasteiger partial charge < -0.3 is 4.74 Å². The van der Waals surface area contributed by atoms with E-state index < -0.39 is 6.10 Å². The van der Waals surface area contributed by atoms with Gasteiger partial charge in [0.05, 0.1) is 5.69 Å². The molecule has 0 saturated carbocycles. The van der Waals surface area contributed by atoms with Gasteiger partial charge in [0, 0.05) is 20.4 Å². The lowest BCUT2D eigenvalue weighted by Gasteiger charge is -2.15. The summed E-state index contributed by atoms with van der Waals surface area (Å²) in [5.74, 6) is 0.362. The quantitative estimate of drug-likeness (QED) is 0.484. The van der Waals surface area contributed by atoms with E-state index in [0.717, 1.165) is 26.9 Å². The first kappa shape index (κ1) is 19.9. The van der Waals surface area contributed by atoms with Crippen molar-refractivity contribution in [1.29, 1.82) is 0 Å². The molecule has 1 unspecified atom stereocenters. The zero-order valence-electron chi connectivity index (χ0n) is 15.0. The molecule has 3 aromatic rings. The highest BCUT2D eigenvalue weighted by Gasteiger charge is 2.17. The number of carbonyl (C=O) groups excluding carboxylic acids is 1. The molecule has 0 aliphatic carbocycles. The fourth-order valence-electron chi connectivity index (χ4n) is 2.55. The zero-order valence-corrected chi connectivity index (χ0v) is 18.2. The molecule has 1 heterocycles. The number of rotatable bonds is 5. The van der Waals surface area contributed by atoms with Gasteiger partial charge in [0.2, 0.25) is 0 Å². The number of hydrogen-bond donors (Lipinski definition) is 1. The van der Waals surface area contributed by atoms with Crippen LogP contribution < -0.4 is 10.1 Å². The van der Waals surface area contributed by atoms with E-state index in [9.17, 15) is 4.79 Å². The lowest BCUT2D eigenvalue weighted by Crippen LogP contribution is -2.30. The lowest BCUT2D eigenvalue weighted by molar-refractivity contribution is -0.122. The topological polar surface area (TPSA) is 51.2 Å². The highest BCUT2D eigenvalue weighted by atomic mass is 79.9. The summed E-state index contributed by atoms with van der Waals surface area (Å²) in [7, 11) is 0. The van der Waals surface area contributed by atoms with E-state index in [1.165, 1.54) is 11.3 Å². The van der Waals surface area contributed by atoms with Gasteiger partial charge in [0.1, 0.15) is 5.75 Å². The molecule has 0 bridgehead atoms. The molecule has 0 spiro atoms. The average Bonchev–Trinajstić information content (AvgIpc) is 3.08. The molecule has 0 aliphatic heterocycles. The second-order valence-electron chi connectivity index (χ2n) is 6.17. The third kappa shape index (κ3) is 4.89. The van der Waals surface area contributed by atoms with Crippen molar-refractivity contribution in [3.8, 4) is 17.0 Å². The number of thiazole rings is 1. The van der Waals surface area contributed by atoms with Gasteiger partial charge in [0.15, 0.2) is 11.2 Å². The Kier molecular flexibility index (Phi) is 6.19. The van der Waals surface area contributed by atoms with Gasteiger partial charge in [-0.3, -0.25) is 10.1 Å². The molecular weight excluding hydrogens is 448 g/mol. The van der Waals surface area contributed by atoms with Crippen LogP contribution in [0.2, 0.25) is 5.02 Å². The number of halogens is 2. The normalized spacial score (nSPS) is 11.9. The van der Waals surface area contributed by atoms with Gasteiger partial charge in [-0.2, -0.15) is 0 Å². The van der Waals surface area contributed by atoms with Gasteiger partial charge in [-0.25, -0.2) is 4.98 Å². The van der Waals surface area contributed by atoms with Crippen molar-refractivity contribution in [2.75, 3.05) is 5.32 Å². The summed E-state index contributed by atoms with van der Waals surface area (Å²) in [4.78, 5) is 16.9. The Morgan fingerprint density at radius 3 is 2.63 bits per heavy atom. The van der Waals surface area contributed by atoms with E-state index in [4.69, 9.17) is 16.3 Å². The number of carbonyl (C=O) groups is 1. The third-order valence-corrected chi connectivity index (χ3v) is 5.79. The minimum Gasteiger partial charge on any atom is -0.481 e. The van der Waals surface area contributed by atoms with Crippen LogP contribution in [0.4, 0.5) is 5.13 Å². The summed E-state index contributed by atoms with van der Waals surface area (Å²) < 4.78 is 6.75. The first-order chi connectivity index (χ1) is 12.8. The summed E-state index contributed by atoms with van der Waals surface area (Å²) in [6, 6.07) is 11.5. The molecule has 1 N–H and O–H groups in total. The first-order valence-electron chi connectivity index (χ1n) is 8.29. The molecule has 3 rings (SSSR count). The van der Waals surface area contributed by atoms with Crippen LogP contribution in [0.1, 0.15) is 18.1 Å². The van der Waals surface area contributed by atoms with Crippen LogP contribution in [0.5, 0.6) is 5.75 Å². The summed E-state index contributed by atoms with van der Waals surface area (Å²) in [5, 5.41) is 5.97. The molecule has 1 amide bonds. The lowest BCUT2D eigenvalue weighted by atomic mass is 10.1. The van der Waals surface area contributed by atoms with Crippen molar-refractivity contribution in [3.63, 3.8) is 0 Å². The van der Waals surface area contributed by atoms with Gasteiger partial charge >= 0.3 is 0 Å². The first-order valence-corrected chi connectivity index (χ1v) is 10.3. The van der Waals surface area contributed by atoms with Crippen molar-refractivity contribution in [3.05, 3.63) is 62.4 Å². The van der Waals surface area contributed by atoms with E-state index in [1.54, 1.807) is 6.92 Å². The molecule has 0 radical (unpaired) electrons. The fraction of sp³-hybridized carbons (Fsp3) is 0.200. The van der Waals surface area contributed by atoms with Crippen molar-refractivity contribution >= 4 is 49.9 Å². The molecule has 0 fully saturated rings. The predicted octanol–water partition coefficient (Wildman–Crippen LogP) is 6.25. The van der Waals surface area contributed by atoms with Gasteiger partial charge in [-0.1, -0.05) is 39.7 Å². The molecule has 1 aromatic heterocycles. The van der Waals surface area contributed by atoms with Gasteiger partial charge in [-0.15, -0.1) is 11.3 Å². The second-order valence-corrected chi connectivity index (χ2v) is 8.32. The summed E-state index contributed by atoms with van der Waals surface area (Å²) in [5.41, 5.74) is 3.63. The molecule has 7 heteroatoms. The average molecular weight is 466 g/mol. The summed E-state index contributed by atoms with van der Waals surface area (Å²) in [6.07, 6.45) is -0.664.